The van der Waals surface area contributed by atoms with Gasteiger partial charge in [-0.1, -0.05) is 170 Å². The first-order chi connectivity index (χ1) is 28.3. The Morgan fingerprint density at radius 2 is 0.825 bits per heavy atom. The van der Waals surface area contributed by atoms with Gasteiger partial charge in [0, 0.05) is 46.0 Å². The minimum Gasteiger partial charge on any atom is -0.309 e. The summed E-state index contributed by atoms with van der Waals surface area (Å²) in [5.41, 5.74) is 13.2. The second kappa shape index (κ2) is 14.1. The Morgan fingerprint density at radius 1 is 0.298 bits per heavy atom. The van der Waals surface area contributed by atoms with Gasteiger partial charge in [0.2, 0.25) is 0 Å². The van der Waals surface area contributed by atoms with Gasteiger partial charge in [-0.3, -0.25) is 0 Å². The highest BCUT2D eigenvalue weighted by Gasteiger charge is 2.25. The maximum atomic E-state index is 2.54. The van der Waals surface area contributed by atoms with Gasteiger partial charge in [-0.05, 0) is 87.0 Å². The Kier molecular flexibility index (Phi) is 8.28. The first-order valence-electron chi connectivity index (χ1n) is 19.3. The number of hydrogen-bond acceptors (Lipinski definition) is 3. The Hall–Kier alpha value is -6.78. The maximum Gasteiger partial charge on any atom is 0.0561 e. The van der Waals surface area contributed by atoms with Gasteiger partial charge in [0.15, 0.2) is 0 Å². The molecule has 0 spiro atoms. The van der Waals surface area contributed by atoms with E-state index in [1.54, 1.807) is 0 Å². The predicted octanol–water partition coefficient (Wildman–Crippen LogP) is 16.6. The van der Waals surface area contributed by atoms with Gasteiger partial charge in [0.1, 0.15) is 0 Å². The second-order valence-corrected chi connectivity index (χ2v) is 16.6. The number of thiophene rings is 2. The molecule has 0 amide bonds. The molecule has 0 aliphatic carbocycles. The Morgan fingerprint density at radius 3 is 1.51 bits per heavy atom. The fourth-order valence-electron chi connectivity index (χ4n) is 8.35. The molecule has 268 valence electrons. The molecule has 9 aromatic carbocycles. The van der Waals surface area contributed by atoms with Gasteiger partial charge >= 0.3 is 0 Å². The SMILES string of the molecule is c1ccc(-c2ccc(N(c3cc(-c4ccccc4)cc4sc5ccccc5c34)c3ccc(-c4ccccc4)c4sc5cc(-c6ccccc6)ccc5c34)cc2)cc1. The summed E-state index contributed by atoms with van der Waals surface area (Å²) in [4.78, 5) is 2.54. The summed E-state index contributed by atoms with van der Waals surface area (Å²) in [5.74, 6) is 0. The normalized spacial score (nSPS) is 11.5. The van der Waals surface area contributed by atoms with E-state index in [1.807, 2.05) is 22.7 Å². The van der Waals surface area contributed by atoms with E-state index in [2.05, 4.69) is 217 Å². The summed E-state index contributed by atoms with van der Waals surface area (Å²) in [6.07, 6.45) is 0. The van der Waals surface area contributed by atoms with E-state index in [-0.39, 0.29) is 0 Å². The van der Waals surface area contributed by atoms with Crippen LogP contribution in [0.15, 0.2) is 212 Å². The van der Waals surface area contributed by atoms with Crippen LogP contribution in [0.4, 0.5) is 17.1 Å². The molecular weight excluding hydrogens is 727 g/mol. The summed E-state index contributed by atoms with van der Waals surface area (Å²) in [5, 5.41) is 5.08. The fraction of sp³-hybridized carbons (Fsp3) is 0. The fourth-order valence-corrected chi connectivity index (χ4v) is 10.8. The molecule has 0 bridgehead atoms. The van der Waals surface area contributed by atoms with Crippen molar-refractivity contribution < 1.29 is 0 Å². The van der Waals surface area contributed by atoms with E-state index in [9.17, 15) is 0 Å². The average Bonchev–Trinajstić information content (AvgIpc) is 3.87. The monoisotopic (exact) mass is 761 g/mol. The van der Waals surface area contributed by atoms with Crippen molar-refractivity contribution in [3.05, 3.63) is 212 Å². The lowest BCUT2D eigenvalue weighted by molar-refractivity contribution is 1.32. The topological polar surface area (TPSA) is 3.24 Å². The van der Waals surface area contributed by atoms with E-state index in [1.165, 1.54) is 90.5 Å². The van der Waals surface area contributed by atoms with E-state index >= 15 is 0 Å². The standard InChI is InChI=1S/C54H35NS2/c1-5-15-36(16-6-1)39-25-28-43(29-26-39)55(48-33-42(38-19-9-3-10-20-38)35-51-52(48)45-23-13-14-24-49(45)56-51)47-32-31-44(40-21-11-4-12-22-40)54-53(47)46-30-27-41(34-50(46)57-54)37-17-7-2-8-18-37/h1-35H. The minimum atomic E-state index is 1.12. The molecule has 2 aromatic heterocycles. The van der Waals surface area contributed by atoms with Crippen LogP contribution in [-0.4, -0.2) is 0 Å². The van der Waals surface area contributed by atoms with Crippen LogP contribution in [0, 0.1) is 0 Å². The lowest BCUT2D eigenvalue weighted by Crippen LogP contribution is -2.11. The molecule has 11 aromatic rings. The van der Waals surface area contributed by atoms with Gasteiger partial charge in [-0.2, -0.15) is 0 Å². The van der Waals surface area contributed by atoms with Crippen LogP contribution in [0.5, 0.6) is 0 Å². The number of nitrogens with zero attached hydrogens (tertiary/aromatic N) is 1. The van der Waals surface area contributed by atoms with Crippen molar-refractivity contribution >= 4 is 80.1 Å². The van der Waals surface area contributed by atoms with Crippen molar-refractivity contribution in [2.75, 3.05) is 4.90 Å². The smallest absolute Gasteiger partial charge is 0.0561 e. The van der Waals surface area contributed by atoms with Gasteiger partial charge in [-0.25, -0.2) is 0 Å². The highest BCUT2D eigenvalue weighted by Crippen LogP contribution is 2.52. The first kappa shape index (κ1) is 33.5. The second-order valence-electron chi connectivity index (χ2n) is 14.5. The molecule has 0 saturated heterocycles. The molecule has 0 atom stereocenters. The number of benzene rings is 9. The molecule has 0 aliphatic heterocycles. The number of anilines is 3. The molecule has 2 heterocycles. The van der Waals surface area contributed by atoms with Crippen molar-refractivity contribution in [3.63, 3.8) is 0 Å². The van der Waals surface area contributed by atoms with E-state index in [0.717, 1.165) is 11.4 Å². The highest BCUT2D eigenvalue weighted by atomic mass is 32.1. The zero-order valence-corrected chi connectivity index (χ0v) is 32.6. The zero-order valence-electron chi connectivity index (χ0n) is 31.0. The maximum absolute atomic E-state index is 2.54. The van der Waals surface area contributed by atoms with Crippen LogP contribution >= 0.6 is 22.7 Å². The van der Waals surface area contributed by atoms with Crippen LogP contribution in [0.2, 0.25) is 0 Å². The van der Waals surface area contributed by atoms with Crippen LogP contribution in [0.1, 0.15) is 0 Å². The Bertz CT molecular complexity index is 3200. The van der Waals surface area contributed by atoms with Gasteiger partial charge in [0.25, 0.3) is 0 Å². The summed E-state index contributed by atoms with van der Waals surface area (Å²) in [7, 11) is 0. The molecule has 0 radical (unpaired) electrons. The molecule has 0 unspecified atom stereocenters. The Balaban J connectivity index is 1.24. The average molecular weight is 762 g/mol. The molecular formula is C54H35NS2. The van der Waals surface area contributed by atoms with Crippen LogP contribution in [0.3, 0.4) is 0 Å². The lowest BCUT2D eigenvalue weighted by Gasteiger charge is -2.29. The lowest BCUT2D eigenvalue weighted by atomic mass is 9.97. The molecule has 3 heteroatoms. The van der Waals surface area contributed by atoms with Crippen molar-refractivity contribution in [2.24, 2.45) is 0 Å². The van der Waals surface area contributed by atoms with Crippen LogP contribution in [0.25, 0.3) is 84.9 Å². The third-order valence-electron chi connectivity index (χ3n) is 11.1. The summed E-state index contributed by atoms with van der Waals surface area (Å²) < 4.78 is 5.13. The third-order valence-corrected chi connectivity index (χ3v) is 13.4. The minimum absolute atomic E-state index is 1.12. The van der Waals surface area contributed by atoms with Gasteiger partial charge < -0.3 is 4.90 Å². The molecule has 57 heavy (non-hydrogen) atoms. The highest BCUT2D eigenvalue weighted by molar-refractivity contribution is 7.26. The third kappa shape index (κ3) is 5.91. The number of rotatable bonds is 7. The predicted molar refractivity (Wildman–Crippen MR) is 249 cm³/mol. The molecule has 0 aliphatic rings. The van der Waals surface area contributed by atoms with Crippen molar-refractivity contribution in [2.45, 2.75) is 0 Å². The number of fused-ring (bicyclic) bond motifs is 6. The number of hydrogen-bond donors (Lipinski definition) is 0. The van der Waals surface area contributed by atoms with Crippen LogP contribution in [-0.2, 0) is 0 Å². The molecule has 0 N–H and O–H groups in total. The van der Waals surface area contributed by atoms with Gasteiger partial charge in [-0.15, -0.1) is 22.7 Å². The zero-order chi connectivity index (χ0) is 37.7. The molecule has 1 nitrogen and oxygen atoms in total. The molecule has 0 fully saturated rings. The summed E-state index contributed by atoms with van der Waals surface area (Å²) in [6.45, 7) is 0. The summed E-state index contributed by atoms with van der Waals surface area (Å²) >= 11 is 3.77. The van der Waals surface area contributed by atoms with Crippen LogP contribution < -0.4 is 4.90 Å². The van der Waals surface area contributed by atoms with Crippen molar-refractivity contribution in [3.8, 4) is 44.5 Å². The van der Waals surface area contributed by atoms with Gasteiger partial charge in [0.05, 0.1) is 11.4 Å². The Labute approximate surface area is 340 Å². The molecule has 11 rings (SSSR count). The van der Waals surface area contributed by atoms with E-state index < -0.39 is 0 Å². The molecule has 0 saturated carbocycles. The van der Waals surface area contributed by atoms with E-state index in [4.69, 9.17) is 0 Å². The largest absolute Gasteiger partial charge is 0.309 e. The van der Waals surface area contributed by atoms with E-state index in [0.29, 0.717) is 0 Å². The first-order valence-corrected chi connectivity index (χ1v) is 21.0. The van der Waals surface area contributed by atoms with Crippen molar-refractivity contribution in [1.82, 2.24) is 0 Å². The summed E-state index contributed by atoms with van der Waals surface area (Å²) in [6, 6.07) is 77.6. The van der Waals surface area contributed by atoms with Crippen molar-refractivity contribution in [1.29, 1.82) is 0 Å². The quantitative estimate of drug-likeness (QED) is 0.156.